The van der Waals surface area contributed by atoms with Crippen LogP contribution in [0.25, 0.3) is 16.6 Å². The molecule has 28 heavy (non-hydrogen) atoms. The first-order valence-corrected chi connectivity index (χ1v) is 8.96. The van der Waals surface area contributed by atoms with Crippen molar-refractivity contribution in [2.45, 2.75) is 24.4 Å². The zero-order chi connectivity index (χ0) is 20.7. The number of alkyl halides is 6. The Morgan fingerprint density at radius 3 is 2.29 bits per heavy atom. The zero-order valence-corrected chi connectivity index (χ0v) is 15.0. The first-order valence-electron chi connectivity index (χ1n) is 7.97. The van der Waals surface area contributed by atoms with Crippen molar-refractivity contribution in [2.24, 2.45) is 0 Å². The van der Waals surface area contributed by atoms with Gasteiger partial charge in [0.05, 0.1) is 27.7 Å². The average molecular weight is 418 g/mol. The molecule has 148 valence electrons. The molecule has 0 N–H and O–H groups in total. The first-order chi connectivity index (χ1) is 13.0. The predicted octanol–water partition coefficient (Wildman–Crippen LogP) is 5.54. The quantitative estimate of drug-likeness (QED) is 0.319. The third kappa shape index (κ3) is 3.73. The molecule has 10 heteroatoms. The maximum atomic E-state index is 13.5. The van der Waals surface area contributed by atoms with Gasteiger partial charge in [-0.3, -0.25) is 9.36 Å². The third-order valence-electron chi connectivity index (χ3n) is 3.89. The summed E-state index contributed by atoms with van der Waals surface area (Å²) >= 11 is 0.962. The summed E-state index contributed by atoms with van der Waals surface area (Å²) in [7, 11) is 0. The van der Waals surface area contributed by atoms with Crippen molar-refractivity contribution in [1.82, 2.24) is 9.55 Å². The highest BCUT2D eigenvalue weighted by atomic mass is 32.2. The van der Waals surface area contributed by atoms with Gasteiger partial charge in [-0.2, -0.15) is 26.3 Å². The topological polar surface area (TPSA) is 34.9 Å². The fourth-order valence-corrected chi connectivity index (χ4v) is 3.41. The van der Waals surface area contributed by atoms with Crippen LogP contribution in [0, 0.1) is 0 Å². The van der Waals surface area contributed by atoms with E-state index in [2.05, 4.69) is 4.98 Å². The summed E-state index contributed by atoms with van der Waals surface area (Å²) in [6, 6.07) is 6.99. The number of benzene rings is 2. The molecule has 0 saturated heterocycles. The van der Waals surface area contributed by atoms with E-state index in [1.807, 2.05) is 0 Å². The molecule has 0 fully saturated rings. The summed E-state index contributed by atoms with van der Waals surface area (Å²) in [6.45, 7) is 1.69. The van der Waals surface area contributed by atoms with Crippen LogP contribution in [0.4, 0.5) is 26.3 Å². The third-order valence-corrected chi connectivity index (χ3v) is 4.71. The van der Waals surface area contributed by atoms with Crippen LogP contribution < -0.4 is 5.56 Å². The summed E-state index contributed by atoms with van der Waals surface area (Å²) < 4.78 is 80.5. The summed E-state index contributed by atoms with van der Waals surface area (Å²) in [6.07, 6.45) is -9.83. The maximum absolute atomic E-state index is 13.5. The molecule has 3 rings (SSSR count). The number of aromatic nitrogens is 2. The van der Waals surface area contributed by atoms with Crippen LogP contribution in [0.3, 0.4) is 0 Å². The van der Waals surface area contributed by atoms with Crippen molar-refractivity contribution in [2.75, 3.05) is 5.75 Å². The van der Waals surface area contributed by atoms with Gasteiger partial charge in [-0.25, -0.2) is 4.98 Å². The fraction of sp³-hybridized carbons (Fsp3) is 0.222. The van der Waals surface area contributed by atoms with Gasteiger partial charge in [0.1, 0.15) is 0 Å². The summed E-state index contributed by atoms with van der Waals surface area (Å²) in [5.41, 5.74) is -4.16. The zero-order valence-electron chi connectivity index (χ0n) is 14.2. The van der Waals surface area contributed by atoms with Gasteiger partial charge >= 0.3 is 12.4 Å². The average Bonchev–Trinajstić information content (AvgIpc) is 2.60. The Bertz CT molecular complexity index is 1090. The van der Waals surface area contributed by atoms with Crippen molar-refractivity contribution in [3.8, 4) is 5.69 Å². The van der Waals surface area contributed by atoms with Crippen LogP contribution >= 0.6 is 11.8 Å². The van der Waals surface area contributed by atoms with Crippen molar-refractivity contribution in [3.63, 3.8) is 0 Å². The predicted molar refractivity (Wildman–Crippen MR) is 93.7 cm³/mol. The highest BCUT2D eigenvalue weighted by Gasteiger charge is 2.38. The van der Waals surface area contributed by atoms with Crippen LogP contribution in [0.15, 0.2) is 52.4 Å². The molecule has 0 saturated carbocycles. The number of fused-ring (bicyclic) bond motifs is 1. The Labute approximate surface area is 159 Å². The number of hydrogen-bond donors (Lipinski definition) is 0. The lowest BCUT2D eigenvalue weighted by molar-refractivity contribution is -0.141. The van der Waals surface area contributed by atoms with Crippen LogP contribution in [-0.2, 0) is 12.4 Å². The SMILES string of the molecule is CCSc1nc2ccccc2c(=O)n1-c1cc(C(F)(F)F)ccc1C(F)(F)F. The van der Waals surface area contributed by atoms with Gasteiger partial charge in [0.2, 0.25) is 0 Å². The number of thioether (sulfide) groups is 1. The second kappa shape index (κ2) is 7.16. The standard InChI is InChI=1S/C18H12F6N2OS/c1-2-28-16-25-13-6-4-3-5-11(13)15(27)26(16)14-9-10(17(19,20)21)7-8-12(14)18(22,23)24/h3-9H,2H2,1H3. The smallest absolute Gasteiger partial charge is 0.268 e. The van der Waals surface area contributed by atoms with Gasteiger partial charge in [0, 0.05) is 0 Å². The minimum Gasteiger partial charge on any atom is -0.268 e. The van der Waals surface area contributed by atoms with Crippen LogP contribution in [0.1, 0.15) is 18.1 Å². The molecule has 0 bridgehead atoms. The van der Waals surface area contributed by atoms with Gasteiger partial charge in [-0.15, -0.1) is 0 Å². The lowest BCUT2D eigenvalue weighted by Crippen LogP contribution is -2.25. The summed E-state index contributed by atoms with van der Waals surface area (Å²) in [4.78, 5) is 17.1. The summed E-state index contributed by atoms with van der Waals surface area (Å²) in [5, 5.41) is -0.107. The van der Waals surface area contributed by atoms with E-state index in [-0.39, 0.29) is 16.1 Å². The molecule has 0 spiro atoms. The molecule has 0 aliphatic carbocycles. The van der Waals surface area contributed by atoms with E-state index in [4.69, 9.17) is 0 Å². The monoisotopic (exact) mass is 418 g/mol. The molecule has 1 heterocycles. The number of rotatable bonds is 3. The van der Waals surface area contributed by atoms with Crippen molar-refractivity contribution in [3.05, 3.63) is 63.9 Å². The Morgan fingerprint density at radius 2 is 1.68 bits per heavy atom. The van der Waals surface area contributed by atoms with E-state index < -0.39 is 34.7 Å². The molecule has 3 nitrogen and oxygen atoms in total. The lowest BCUT2D eigenvalue weighted by atomic mass is 10.1. The van der Waals surface area contributed by atoms with Crippen LogP contribution in [0.5, 0.6) is 0 Å². The molecule has 0 aliphatic heterocycles. The molecule has 0 amide bonds. The van der Waals surface area contributed by atoms with Crippen molar-refractivity contribution < 1.29 is 26.3 Å². The molecule has 0 aliphatic rings. The minimum atomic E-state index is -4.96. The van der Waals surface area contributed by atoms with E-state index in [1.54, 1.807) is 13.0 Å². The Kier molecular flexibility index (Phi) is 5.18. The van der Waals surface area contributed by atoms with Gasteiger partial charge < -0.3 is 0 Å². The largest absolute Gasteiger partial charge is 0.418 e. The number of para-hydroxylation sites is 1. The van der Waals surface area contributed by atoms with Crippen LogP contribution in [-0.4, -0.2) is 15.3 Å². The molecule has 2 aromatic carbocycles. The molecule has 0 unspecified atom stereocenters. The molecule has 1 aromatic heterocycles. The summed E-state index contributed by atoms with van der Waals surface area (Å²) in [5.74, 6) is 0.352. The van der Waals surface area contributed by atoms with Crippen molar-refractivity contribution >= 4 is 22.7 Å². The number of halogens is 6. The molecular weight excluding hydrogens is 406 g/mol. The molecule has 0 atom stereocenters. The fourth-order valence-electron chi connectivity index (χ4n) is 2.68. The van der Waals surface area contributed by atoms with Gasteiger partial charge in [0.25, 0.3) is 5.56 Å². The van der Waals surface area contributed by atoms with Gasteiger partial charge in [-0.1, -0.05) is 30.8 Å². The second-order valence-electron chi connectivity index (χ2n) is 5.71. The normalized spacial score (nSPS) is 12.5. The van der Waals surface area contributed by atoms with Gasteiger partial charge in [-0.05, 0) is 36.1 Å². The maximum Gasteiger partial charge on any atom is 0.418 e. The van der Waals surface area contributed by atoms with E-state index in [9.17, 15) is 31.1 Å². The highest BCUT2D eigenvalue weighted by molar-refractivity contribution is 7.99. The van der Waals surface area contributed by atoms with E-state index >= 15 is 0 Å². The van der Waals surface area contributed by atoms with Crippen molar-refractivity contribution in [1.29, 1.82) is 0 Å². The first kappa shape index (κ1) is 20.2. The van der Waals surface area contributed by atoms with Gasteiger partial charge in [0.15, 0.2) is 5.16 Å². The van der Waals surface area contributed by atoms with E-state index in [0.717, 1.165) is 11.8 Å². The highest BCUT2D eigenvalue weighted by Crippen LogP contribution is 2.38. The number of nitrogens with zero attached hydrogens (tertiary/aromatic N) is 2. The van der Waals surface area contributed by atoms with E-state index in [0.29, 0.717) is 28.5 Å². The number of hydrogen-bond acceptors (Lipinski definition) is 3. The second-order valence-corrected chi connectivity index (χ2v) is 6.94. The van der Waals surface area contributed by atoms with Crippen LogP contribution in [0.2, 0.25) is 0 Å². The molecular formula is C18H12F6N2OS. The van der Waals surface area contributed by atoms with E-state index in [1.165, 1.54) is 18.2 Å². The Hall–Kier alpha value is -2.49. The Morgan fingerprint density at radius 1 is 1.00 bits per heavy atom. The molecule has 0 radical (unpaired) electrons. The minimum absolute atomic E-state index is 0.00786. The lowest BCUT2D eigenvalue weighted by Gasteiger charge is -2.19. The molecule has 3 aromatic rings. The Balaban J connectivity index is 2.45.